The van der Waals surface area contributed by atoms with E-state index in [9.17, 15) is 0 Å². The molecule has 2 aliphatic heterocycles. The van der Waals surface area contributed by atoms with Crippen LogP contribution in [0.3, 0.4) is 0 Å². The first-order chi connectivity index (χ1) is 14.2. The Labute approximate surface area is 168 Å². The van der Waals surface area contributed by atoms with Crippen LogP contribution in [0.5, 0.6) is 11.5 Å². The summed E-state index contributed by atoms with van der Waals surface area (Å²) >= 11 is 0. The third-order valence-electron chi connectivity index (χ3n) is 4.73. The minimum absolute atomic E-state index is 0.539. The molecule has 0 bridgehead atoms. The number of ether oxygens (including phenoxy) is 2. The number of hydrogen-bond acceptors (Lipinski definition) is 6. The van der Waals surface area contributed by atoms with Crippen molar-refractivity contribution < 1.29 is 9.47 Å². The zero-order valence-corrected chi connectivity index (χ0v) is 15.9. The molecule has 0 aliphatic carbocycles. The third-order valence-corrected chi connectivity index (χ3v) is 4.73. The van der Waals surface area contributed by atoms with Crippen LogP contribution in [0, 0.1) is 6.92 Å². The first-order valence-corrected chi connectivity index (χ1v) is 9.31. The lowest BCUT2D eigenvalue weighted by Crippen LogP contribution is -2.21. The van der Waals surface area contributed by atoms with Gasteiger partial charge in [0.05, 0.1) is 23.3 Å². The molecular formula is C22H19N5O2. The number of allylic oxidation sites excluding steroid dienone is 2. The maximum atomic E-state index is 5.72. The fraction of sp³-hybridized carbons (Fsp3) is 0.136. The molecule has 0 radical (unpaired) electrons. The highest BCUT2D eigenvalue weighted by Gasteiger charge is 2.20. The van der Waals surface area contributed by atoms with Crippen molar-refractivity contribution in [3.05, 3.63) is 84.6 Å². The van der Waals surface area contributed by atoms with Crippen molar-refractivity contribution in [2.24, 2.45) is 5.10 Å². The summed E-state index contributed by atoms with van der Waals surface area (Å²) in [5.41, 5.74) is 5.13. The van der Waals surface area contributed by atoms with Crippen LogP contribution in [-0.2, 0) is 0 Å². The number of aromatic nitrogens is 3. The standard InChI is InChI=1S/C22H19N5O2/c1-15-7-10-26(17-5-8-23-16(2)13-17)25-22(15)19-6-9-24-27(19)18-3-4-20-21(14-18)29-12-11-28-20/h3-10,13-14H,1,11-12H2,2H3. The van der Waals surface area contributed by atoms with Gasteiger partial charge in [0.25, 0.3) is 0 Å². The molecule has 0 spiro atoms. The second kappa shape index (κ2) is 6.94. The van der Waals surface area contributed by atoms with Crippen molar-refractivity contribution in [2.45, 2.75) is 6.92 Å². The lowest BCUT2D eigenvalue weighted by molar-refractivity contribution is 0.171. The van der Waals surface area contributed by atoms with Gasteiger partial charge in [0.2, 0.25) is 0 Å². The molecule has 5 rings (SSSR count). The highest BCUT2D eigenvalue weighted by Crippen LogP contribution is 2.32. The Hall–Kier alpha value is -3.87. The van der Waals surface area contributed by atoms with Gasteiger partial charge >= 0.3 is 0 Å². The van der Waals surface area contributed by atoms with Crippen LogP contribution in [0.2, 0.25) is 0 Å². The number of anilines is 1. The Bertz CT molecular complexity index is 1160. The fourth-order valence-electron chi connectivity index (χ4n) is 3.33. The van der Waals surface area contributed by atoms with Gasteiger partial charge in [-0.3, -0.25) is 4.98 Å². The lowest BCUT2D eigenvalue weighted by Gasteiger charge is -2.22. The van der Waals surface area contributed by atoms with Crippen molar-refractivity contribution >= 4 is 11.4 Å². The zero-order valence-electron chi connectivity index (χ0n) is 15.9. The molecule has 0 saturated carbocycles. The average molecular weight is 385 g/mol. The van der Waals surface area contributed by atoms with Gasteiger partial charge in [-0.15, -0.1) is 0 Å². The summed E-state index contributed by atoms with van der Waals surface area (Å²) in [6.45, 7) is 7.22. The Kier molecular flexibility index (Phi) is 4.13. The number of fused-ring (bicyclic) bond motifs is 1. The van der Waals surface area contributed by atoms with Gasteiger partial charge in [-0.25, -0.2) is 9.69 Å². The predicted molar refractivity (Wildman–Crippen MR) is 111 cm³/mol. The molecule has 3 aromatic rings. The summed E-state index contributed by atoms with van der Waals surface area (Å²) in [6, 6.07) is 11.6. The van der Waals surface area contributed by atoms with E-state index in [4.69, 9.17) is 14.6 Å². The van der Waals surface area contributed by atoms with E-state index in [2.05, 4.69) is 16.7 Å². The normalized spacial score (nSPS) is 15.4. The van der Waals surface area contributed by atoms with E-state index in [-0.39, 0.29) is 0 Å². The molecule has 1 aromatic carbocycles. The van der Waals surface area contributed by atoms with Gasteiger partial charge in [-0.2, -0.15) is 10.2 Å². The van der Waals surface area contributed by atoms with E-state index in [1.807, 2.05) is 65.3 Å². The van der Waals surface area contributed by atoms with Crippen LogP contribution < -0.4 is 14.5 Å². The summed E-state index contributed by atoms with van der Waals surface area (Å²) in [5.74, 6) is 1.46. The molecule has 0 unspecified atom stereocenters. The van der Waals surface area contributed by atoms with Crippen molar-refractivity contribution in [3.8, 4) is 17.2 Å². The largest absolute Gasteiger partial charge is 0.486 e. The van der Waals surface area contributed by atoms with Crippen LogP contribution in [0.4, 0.5) is 5.69 Å². The number of pyridine rings is 1. The first-order valence-electron chi connectivity index (χ1n) is 9.31. The minimum atomic E-state index is 0.539. The predicted octanol–water partition coefficient (Wildman–Crippen LogP) is 3.64. The van der Waals surface area contributed by atoms with Crippen LogP contribution in [0.15, 0.2) is 78.3 Å². The molecule has 2 aliphatic rings. The third kappa shape index (κ3) is 3.16. The van der Waals surface area contributed by atoms with Gasteiger partial charge < -0.3 is 9.47 Å². The SMILES string of the molecule is C=C1C=CN(c2ccnc(C)c2)N=C1c1ccnn1-c1ccc2c(c1)OCCO2. The Morgan fingerprint density at radius 3 is 2.69 bits per heavy atom. The molecule has 0 N–H and O–H groups in total. The highest BCUT2D eigenvalue weighted by atomic mass is 16.6. The Morgan fingerprint density at radius 2 is 1.83 bits per heavy atom. The molecule has 0 amide bonds. The van der Waals surface area contributed by atoms with Crippen molar-refractivity contribution in [2.75, 3.05) is 18.2 Å². The van der Waals surface area contributed by atoms with Crippen molar-refractivity contribution in [1.29, 1.82) is 0 Å². The monoisotopic (exact) mass is 385 g/mol. The van der Waals surface area contributed by atoms with Crippen LogP contribution in [0.25, 0.3) is 5.69 Å². The number of hydrogen-bond donors (Lipinski definition) is 0. The lowest BCUT2D eigenvalue weighted by atomic mass is 10.1. The molecule has 144 valence electrons. The molecular weight excluding hydrogens is 366 g/mol. The van der Waals surface area contributed by atoms with Crippen LogP contribution in [-0.4, -0.2) is 33.7 Å². The Balaban J connectivity index is 1.55. The Morgan fingerprint density at radius 1 is 0.966 bits per heavy atom. The summed E-state index contributed by atoms with van der Waals surface area (Å²) in [7, 11) is 0. The van der Waals surface area contributed by atoms with Gasteiger partial charge in [-0.1, -0.05) is 6.58 Å². The maximum absolute atomic E-state index is 5.72. The molecule has 4 heterocycles. The zero-order chi connectivity index (χ0) is 19.8. The first kappa shape index (κ1) is 17.2. The molecule has 0 atom stereocenters. The molecule has 0 saturated heterocycles. The topological polar surface area (TPSA) is 64.8 Å². The van der Waals surface area contributed by atoms with Gasteiger partial charge in [-0.05, 0) is 48.9 Å². The number of rotatable bonds is 3. The molecule has 2 aromatic heterocycles. The smallest absolute Gasteiger partial charge is 0.163 e. The van der Waals surface area contributed by atoms with E-state index in [1.54, 1.807) is 12.4 Å². The van der Waals surface area contributed by atoms with E-state index < -0.39 is 0 Å². The fourth-order valence-corrected chi connectivity index (χ4v) is 3.33. The maximum Gasteiger partial charge on any atom is 0.163 e. The van der Waals surface area contributed by atoms with E-state index in [0.717, 1.165) is 39.8 Å². The van der Waals surface area contributed by atoms with Crippen LogP contribution >= 0.6 is 0 Å². The van der Waals surface area contributed by atoms with Gasteiger partial charge in [0.15, 0.2) is 11.5 Å². The minimum Gasteiger partial charge on any atom is -0.486 e. The molecule has 29 heavy (non-hydrogen) atoms. The number of hydrazone groups is 1. The van der Waals surface area contributed by atoms with E-state index in [1.165, 1.54) is 0 Å². The highest BCUT2D eigenvalue weighted by molar-refractivity contribution is 6.14. The number of nitrogens with zero attached hydrogens (tertiary/aromatic N) is 5. The molecule has 0 fully saturated rings. The number of aryl methyl sites for hydroxylation is 1. The summed E-state index contributed by atoms with van der Waals surface area (Å²) in [6.07, 6.45) is 7.36. The van der Waals surface area contributed by atoms with Crippen molar-refractivity contribution in [1.82, 2.24) is 14.8 Å². The average Bonchev–Trinajstić information content (AvgIpc) is 3.23. The van der Waals surface area contributed by atoms with E-state index >= 15 is 0 Å². The summed E-state index contributed by atoms with van der Waals surface area (Å²) in [4.78, 5) is 4.25. The molecule has 7 heteroatoms. The van der Waals surface area contributed by atoms with Crippen LogP contribution in [0.1, 0.15) is 11.4 Å². The second-order valence-corrected chi connectivity index (χ2v) is 6.75. The molecule has 7 nitrogen and oxygen atoms in total. The van der Waals surface area contributed by atoms with Gasteiger partial charge in [0.1, 0.15) is 18.9 Å². The quantitative estimate of drug-likeness (QED) is 0.689. The summed E-state index contributed by atoms with van der Waals surface area (Å²) in [5, 5.41) is 11.1. The van der Waals surface area contributed by atoms with Crippen molar-refractivity contribution in [3.63, 3.8) is 0 Å². The second-order valence-electron chi connectivity index (χ2n) is 6.75. The van der Waals surface area contributed by atoms with Gasteiger partial charge in [0, 0.05) is 24.2 Å². The summed E-state index contributed by atoms with van der Waals surface area (Å²) < 4.78 is 13.2. The number of benzene rings is 1. The van der Waals surface area contributed by atoms with E-state index in [0.29, 0.717) is 19.0 Å².